The summed E-state index contributed by atoms with van der Waals surface area (Å²) in [5.41, 5.74) is 2.90. The van der Waals surface area contributed by atoms with Crippen LogP contribution >= 0.6 is 0 Å². The molecule has 0 fully saturated rings. The molecule has 0 saturated heterocycles. The van der Waals surface area contributed by atoms with Crippen molar-refractivity contribution in [3.63, 3.8) is 0 Å². The molecular formula is C27H23NO5. The van der Waals surface area contributed by atoms with Gasteiger partial charge in [0, 0.05) is 24.1 Å². The van der Waals surface area contributed by atoms with Gasteiger partial charge >= 0.3 is 5.97 Å². The minimum Gasteiger partial charge on any atom is -0.497 e. The van der Waals surface area contributed by atoms with Gasteiger partial charge in [0.1, 0.15) is 18.1 Å². The fourth-order valence-corrected chi connectivity index (χ4v) is 3.66. The van der Waals surface area contributed by atoms with Crippen LogP contribution in [0.3, 0.4) is 0 Å². The van der Waals surface area contributed by atoms with Gasteiger partial charge in [-0.25, -0.2) is 4.79 Å². The number of methoxy groups -OCH3 is 1. The Morgan fingerprint density at radius 2 is 1.76 bits per heavy atom. The standard InChI is InChI=1S/C27H23NO5/c1-18(29)28-16-21(14-25(27(30)31)20-9-6-10-22(13-20)32-2)24-15-23(11-12-26(24)28)33-17-19-7-4-3-5-8-19/h3-16H,17H2,1-2H3,(H,30,31)/b25-14+. The predicted octanol–water partition coefficient (Wildman–Crippen LogP) is 5.51. The third kappa shape index (κ3) is 4.80. The van der Waals surface area contributed by atoms with Crippen molar-refractivity contribution >= 4 is 34.4 Å². The summed E-state index contributed by atoms with van der Waals surface area (Å²) >= 11 is 0. The number of carboxylic acid groups (broad SMARTS) is 1. The van der Waals surface area contributed by atoms with Crippen LogP contribution in [0.1, 0.15) is 28.4 Å². The summed E-state index contributed by atoms with van der Waals surface area (Å²) in [5.74, 6) is -0.0673. The van der Waals surface area contributed by atoms with Crippen LogP contribution in [0.4, 0.5) is 0 Å². The highest BCUT2D eigenvalue weighted by atomic mass is 16.5. The van der Waals surface area contributed by atoms with Crippen molar-refractivity contribution in [3.8, 4) is 11.5 Å². The van der Waals surface area contributed by atoms with Crippen molar-refractivity contribution < 1.29 is 24.2 Å². The first kappa shape index (κ1) is 21.9. The van der Waals surface area contributed by atoms with Crippen LogP contribution in [0, 0.1) is 0 Å². The number of hydrogen-bond donors (Lipinski definition) is 1. The van der Waals surface area contributed by atoms with Crippen molar-refractivity contribution in [2.24, 2.45) is 0 Å². The monoisotopic (exact) mass is 441 g/mol. The van der Waals surface area contributed by atoms with Gasteiger partial charge in [-0.3, -0.25) is 9.36 Å². The number of ether oxygens (including phenoxy) is 2. The Hall–Kier alpha value is -4.32. The molecule has 4 aromatic rings. The summed E-state index contributed by atoms with van der Waals surface area (Å²) in [7, 11) is 1.53. The van der Waals surface area contributed by atoms with E-state index in [0.29, 0.717) is 34.7 Å². The molecule has 0 radical (unpaired) electrons. The molecule has 0 unspecified atom stereocenters. The Morgan fingerprint density at radius 1 is 0.970 bits per heavy atom. The van der Waals surface area contributed by atoms with Gasteiger partial charge in [-0.05, 0) is 47.5 Å². The second-order valence-corrected chi connectivity index (χ2v) is 7.52. The maximum Gasteiger partial charge on any atom is 0.336 e. The zero-order valence-corrected chi connectivity index (χ0v) is 18.3. The van der Waals surface area contributed by atoms with Crippen molar-refractivity contribution in [1.29, 1.82) is 0 Å². The second kappa shape index (κ2) is 9.44. The Labute approximate surface area is 191 Å². The summed E-state index contributed by atoms with van der Waals surface area (Å²) in [6.45, 7) is 1.86. The van der Waals surface area contributed by atoms with E-state index in [1.165, 1.54) is 18.6 Å². The topological polar surface area (TPSA) is 77.8 Å². The van der Waals surface area contributed by atoms with Crippen LogP contribution in [0.2, 0.25) is 0 Å². The van der Waals surface area contributed by atoms with Crippen LogP contribution in [0.15, 0.2) is 79.0 Å². The Morgan fingerprint density at radius 3 is 2.45 bits per heavy atom. The van der Waals surface area contributed by atoms with E-state index in [1.807, 2.05) is 36.4 Å². The first-order chi connectivity index (χ1) is 16.0. The number of nitrogens with zero attached hydrogens (tertiary/aromatic N) is 1. The summed E-state index contributed by atoms with van der Waals surface area (Å²) < 4.78 is 12.7. The molecule has 166 valence electrons. The largest absolute Gasteiger partial charge is 0.497 e. The highest BCUT2D eigenvalue weighted by Gasteiger charge is 2.16. The number of aromatic nitrogens is 1. The van der Waals surface area contributed by atoms with Crippen LogP contribution < -0.4 is 9.47 Å². The minimum absolute atomic E-state index is 0.0899. The van der Waals surface area contributed by atoms with Gasteiger partial charge < -0.3 is 14.6 Å². The van der Waals surface area contributed by atoms with E-state index < -0.39 is 5.97 Å². The second-order valence-electron chi connectivity index (χ2n) is 7.52. The lowest BCUT2D eigenvalue weighted by Crippen LogP contribution is -2.03. The van der Waals surface area contributed by atoms with Gasteiger partial charge in [-0.15, -0.1) is 0 Å². The van der Waals surface area contributed by atoms with Crippen LogP contribution in [-0.4, -0.2) is 28.7 Å². The Bertz CT molecular complexity index is 1350. The number of aliphatic carboxylic acids is 1. The van der Waals surface area contributed by atoms with Crippen LogP contribution in [0.25, 0.3) is 22.6 Å². The van der Waals surface area contributed by atoms with Gasteiger partial charge in [0.2, 0.25) is 5.91 Å². The molecule has 0 saturated carbocycles. The third-order valence-electron chi connectivity index (χ3n) is 5.31. The third-order valence-corrected chi connectivity index (χ3v) is 5.31. The first-order valence-corrected chi connectivity index (χ1v) is 10.4. The van der Waals surface area contributed by atoms with Gasteiger partial charge in [-0.2, -0.15) is 0 Å². The van der Waals surface area contributed by atoms with E-state index in [9.17, 15) is 14.7 Å². The van der Waals surface area contributed by atoms with Gasteiger partial charge in [0.25, 0.3) is 0 Å². The summed E-state index contributed by atoms with van der Waals surface area (Å²) in [6.07, 6.45) is 3.22. The molecular weight excluding hydrogens is 418 g/mol. The van der Waals surface area contributed by atoms with E-state index in [1.54, 1.807) is 48.7 Å². The maximum absolute atomic E-state index is 12.2. The van der Waals surface area contributed by atoms with E-state index in [2.05, 4.69) is 0 Å². The molecule has 0 aliphatic carbocycles. The number of carboxylic acids is 1. The van der Waals surface area contributed by atoms with Crippen LogP contribution in [-0.2, 0) is 11.4 Å². The van der Waals surface area contributed by atoms with E-state index in [-0.39, 0.29) is 11.5 Å². The maximum atomic E-state index is 12.2. The molecule has 0 bridgehead atoms. The van der Waals surface area contributed by atoms with Crippen molar-refractivity contribution in [3.05, 3.63) is 95.7 Å². The molecule has 4 rings (SSSR count). The smallest absolute Gasteiger partial charge is 0.336 e. The fourth-order valence-electron chi connectivity index (χ4n) is 3.66. The number of fused-ring (bicyclic) bond motifs is 1. The average Bonchev–Trinajstić information content (AvgIpc) is 3.19. The SMILES string of the molecule is COc1cccc(/C(=C\c2cn(C(C)=O)c3ccc(OCc4ccccc4)cc23)C(=O)O)c1. The van der Waals surface area contributed by atoms with Crippen molar-refractivity contribution in [2.75, 3.05) is 7.11 Å². The molecule has 0 aliphatic heterocycles. The molecule has 1 N–H and O–H groups in total. The Balaban J connectivity index is 1.79. The molecule has 6 heteroatoms. The molecule has 6 nitrogen and oxygen atoms in total. The number of benzene rings is 3. The summed E-state index contributed by atoms with van der Waals surface area (Å²) in [6, 6.07) is 22.1. The summed E-state index contributed by atoms with van der Waals surface area (Å²) in [5, 5.41) is 10.6. The fraction of sp³-hybridized carbons (Fsp3) is 0.111. The number of carbonyl (C=O) groups is 2. The molecule has 1 aromatic heterocycles. The van der Waals surface area contributed by atoms with E-state index in [4.69, 9.17) is 9.47 Å². The lowest BCUT2D eigenvalue weighted by atomic mass is 10.0. The molecule has 0 spiro atoms. The highest BCUT2D eigenvalue weighted by molar-refractivity contribution is 6.21. The van der Waals surface area contributed by atoms with Gasteiger partial charge in [0.05, 0.1) is 18.2 Å². The number of hydrogen-bond acceptors (Lipinski definition) is 4. The summed E-state index contributed by atoms with van der Waals surface area (Å²) in [4.78, 5) is 24.3. The molecule has 3 aromatic carbocycles. The zero-order chi connectivity index (χ0) is 23.4. The zero-order valence-electron chi connectivity index (χ0n) is 18.3. The van der Waals surface area contributed by atoms with Gasteiger partial charge in [-0.1, -0.05) is 42.5 Å². The molecule has 0 aliphatic rings. The molecule has 0 amide bonds. The van der Waals surface area contributed by atoms with Crippen molar-refractivity contribution in [2.45, 2.75) is 13.5 Å². The molecule has 33 heavy (non-hydrogen) atoms. The van der Waals surface area contributed by atoms with Gasteiger partial charge in [0.15, 0.2) is 0 Å². The lowest BCUT2D eigenvalue weighted by Gasteiger charge is -2.08. The van der Waals surface area contributed by atoms with E-state index >= 15 is 0 Å². The minimum atomic E-state index is -1.08. The molecule has 0 atom stereocenters. The molecule has 1 heterocycles. The highest BCUT2D eigenvalue weighted by Crippen LogP contribution is 2.30. The lowest BCUT2D eigenvalue weighted by molar-refractivity contribution is -0.130. The van der Waals surface area contributed by atoms with E-state index in [0.717, 1.165) is 10.9 Å². The Kier molecular flexibility index (Phi) is 6.26. The predicted molar refractivity (Wildman–Crippen MR) is 128 cm³/mol. The number of carbonyl (C=O) groups excluding carboxylic acids is 1. The average molecular weight is 441 g/mol. The normalized spacial score (nSPS) is 11.4. The van der Waals surface area contributed by atoms with Crippen LogP contribution in [0.5, 0.6) is 11.5 Å². The quantitative estimate of drug-likeness (QED) is 0.383. The first-order valence-electron chi connectivity index (χ1n) is 10.4. The number of rotatable bonds is 7. The van der Waals surface area contributed by atoms with Crippen molar-refractivity contribution in [1.82, 2.24) is 4.57 Å².